The number of rotatable bonds is 5. The minimum absolute atomic E-state index is 0.00672. The van der Waals surface area contributed by atoms with E-state index in [1.54, 1.807) is 4.68 Å². The van der Waals surface area contributed by atoms with Gasteiger partial charge in [0.1, 0.15) is 0 Å². The van der Waals surface area contributed by atoms with Gasteiger partial charge in [0, 0.05) is 18.7 Å². The van der Waals surface area contributed by atoms with Gasteiger partial charge in [0.25, 0.3) is 0 Å². The summed E-state index contributed by atoms with van der Waals surface area (Å²) in [4.78, 5) is 11.5. The first-order chi connectivity index (χ1) is 7.95. The van der Waals surface area contributed by atoms with E-state index in [1.807, 2.05) is 27.8 Å². The van der Waals surface area contributed by atoms with E-state index in [-0.39, 0.29) is 18.6 Å². The quantitative estimate of drug-likeness (QED) is 0.767. The van der Waals surface area contributed by atoms with Gasteiger partial charge in [0.2, 0.25) is 5.91 Å². The zero-order valence-corrected chi connectivity index (χ0v) is 11.5. The predicted molar refractivity (Wildman–Crippen MR) is 67.9 cm³/mol. The molecule has 0 saturated heterocycles. The predicted octanol–water partition coefficient (Wildman–Crippen LogP) is 0.838. The molecule has 0 atom stereocenters. The number of aliphatic hydroxyl groups is 1. The molecule has 5 nitrogen and oxygen atoms in total. The Morgan fingerprint density at radius 2 is 2.24 bits per heavy atom. The molecule has 96 valence electrons. The van der Waals surface area contributed by atoms with Crippen LogP contribution in [0.15, 0.2) is 5.03 Å². The summed E-state index contributed by atoms with van der Waals surface area (Å²) in [6.45, 7) is 5.66. The molecular formula is C11H19N3O2S. The van der Waals surface area contributed by atoms with Crippen LogP contribution >= 0.6 is 11.8 Å². The molecule has 1 aromatic rings. The van der Waals surface area contributed by atoms with E-state index in [0.717, 1.165) is 16.3 Å². The summed E-state index contributed by atoms with van der Waals surface area (Å²) < 4.78 is 1.70. The van der Waals surface area contributed by atoms with Crippen molar-refractivity contribution in [2.75, 3.05) is 5.75 Å². The molecule has 17 heavy (non-hydrogen) atoms. The highest BCUT2D eigenvalue weighted by molar-refractivity contribution is 8.00. The van der Waals surface area contributed by atoms with E-state index >= 15 is 0 Å². The van der Waals surface area contributed by atoms with Gasteiger partial charge in [-0.15, -0.1) is 0 Å². The smallest absolute Gasteiger partial charge is 0.230 e. The Kier molecular flexibility index (Phi) is 5.02. The highest BCUT2D eigenvalue weighted by atomic mass is 32.2. The standard InChI is InChI=1S/C11H19N3O2S/c1-7(2)12-10(16)6-17-11-9(5-15)8(3)13-14(11)4/h7,15H,5-6H2,1-4H3,(H,12,16). The van der Waals surface area contributed by atoms with Crippen LogP contribution in [0, 0.1) is 6.92 Å². The number of nitrogens with one attached hydrogen (secondary N) is 1. The van der Waals surface area contributed by atoms with Crippen molar-refractivity contribution < 1.29 is 9.90 Å². The largest absolute Gasteiger partial charge is 0.392 e. The van der Waals surface area contributed by atoms with Crippen LogP contribution in [0.1, 0.15) is 25.1 Å². The van der Waals surface area contributed by atoms with Gasteiger partial charge in [-0.1, -0.05) is 11.8 Å². The van der Waals surface area contributed by atoms with Crippen molar-refractivity contribution in [2.45, 2.75) is 38.4 Å². The van der Waals surface area contributed by atoms with Crippen molar-refractivity contribution in [1.82, 2.24) is 15.1 Å². The third-order valence-electron chi connectivity index (χ3n) is 2.24. The molecule has 0 aromatic carbocycles. The number of hydrogen-bond acceptors (Lipinski definition) is 4. The van der Waals surface area contributed by atoms with E-state index in [1.165, 1.54) is 11.8 Å². The molecule has 0 unspecified atom stereocenters. The number of aryl methyl sites for hydroxylation is 2. The van der Waals surface area contributed by atoms with Crippen LogP contribution in [-0.4, -0.2) is 32.6 Å². The molecule has 2 N–H and O–H groups in total. The lowest BCUT2D eigenvalue weighted by atomic mass is 10.3. The Balaban J connectivity index is 2.66. The maximum absolute atomic E-state index is 11.5. The molecule has 6 heteroatoms. The summed E-state index contributed by atoms with van der Waals surface area (Å²) in [5.41, 5.74) is 1.61. The fraction of sp³-hybridized carbons (Fsp3) is 0.636. The van der Waals surface area contributed by atoms with E-state index in [9.17, 15) is 9.90 Å². The molecule has 1 aromatic heterocycles. The molecular weight excluding hydrogens is 238 g/mol. The lowest BCUT2D eigenvalue weighted by molar-refractivity contribution is -0.119. The van der Waals surface area contributed by atoms with Gasteiger partial charge >= 0.3 is 0 Å². The second-order valence-corrected chi connectivity index (χ2v) is 5.13. The molecule has 0 saturated carbocycles. The van der Waals surface area contributed by atoms with Gasteiger partial charge in [0.15, 0.2) is 0 Å². The zero-order chi connectivity index (χ0) is 13.0. The molecule has 1 rings (SSSR count). The average Bonchev–Trinajstić information content (AvgIpc) is 2.48. The molecule has 0 radical (unpaired) electrons. The van der Waals surface area contributed by atoms with Gasteiger partial charge in [-0.05, 0) is 20.8 Å². The Morgan fingerprint density at radius 3 is 2.76 bits per heavy atom. The first kappa shape index (κ1) is 14.1. The summed E-state index contributed by atoms with van der Waals surface area (Å²) in [5, 5.41) is 17.2. The Bertz CT molecular complexity index is 402. The van der Waals surface area contributed by atoms with E-state index in [4.69, 9.17) is 0 Å². The molecule has 0 bridgehead atoms. The Morgan fingerprint density at radius 1 is 1.59 bits per heavy atom. The normalized spacial score (nSPS) is 10.9. The van der Waals surface area contributed by atoms with Crippen LogP contribution in [0.5, 0.6) is 0 Å². The number of carbonyl (C=O) groups is 1. The van der Waals surface area contributed by atoms with Crippen LogP contribution in [0.3, 0.4) is 0 Å². The fourth-order valence-electron chi connectivity index (χ4n) is 1.54. The lowest BCUT2D eigenvalue weighted by Crippen LogP contribution is -2.31. The number of carbonyl (C=O) groups excluding carboxylic acids is 1. The maximum Gasteiger partial charge on any atom is 0.230 e. The van der Waals surface area contributed by atoms with Crippen molar-refractivity contribution in [2.24, 2.45) is 7.05 Å². The van der Waals surface area contributed by atoms with Crippen LogP contribution in [-0.2, 0) is 18.4 Å². The van der Waals surface area contributed by atoms with Gasteiger partial charge < -0.3 is 10.4 Å². The lowest BCUT2D eigenvalue weighted by Gasteiger charge is -2.08. The molecule has 0 aliphatic rings. The number of aliphatic hydroxyl groups excluding tert-OH is 1. The summed E-state index contributed by atoms with van der Waals surface area (Å²) >= 11 is 1.40. The maximum atomic E-state index is 11.5. The summed E-state index contributed by atoms with van der Waals surface area (Å²) in [7, 11) is 1.81. The summed E-state index contributed by atoms with van der Waals surface area (Å²) in [6, 6.07) is 0.147. The highest BCUT2D eigenvalue weighted by Gasteiger charge is 2.14. The minimum atomic E-state index is -0.0478. The Hall–Kier alpha value is -1.01. The first-order valence-corrected chi connectivity index (χ1v) is 6.49. The second kappa shape index (κ2) is 6.07. The number of hydrogen-bond donors (Lipinski definition) is 2. The monoisotopic (exact) mass is 257 g/mol. The van der Waals surface area contributed by atoms with Crippen LogP contribution in [0.25, 0.3) is 0 Å². The van der Waals surface area contributed by atoms with Crippen LogP contribution in [0.4, 0.5) is 0 Å². The third kappa shape index (κ3) is 3.74. The summed E-state index contributed by atoms with van der Waals surface area (Å²) in [5.74, 6) is 0.331. The summed E-state index contributed by atoms with van der Waals surface area (Å²) in [6.07, 6.45) is 0. The van der Waals surface area contributed by atoms with Crippen molar-refractivity contribution in [3.8, 4) is 0 Å². The van der Waals surface area contributed by atoms with Crippen LogP contribution in [0.2, 0.25) is 0 Å². The molecule has 0 aliphatic heterocycles. The van der Waals surface area contributed by atoms with Gasteiger partial charge in [-0.25, -0.2) is 0 Å². The number of nitrogens with zero attached hydrogens (tertiary/aromatic N) is 2. The van der Waals surface area contributed by atoms with Crippen molar-refractivity contribution >= 4 is 17.7 Å². The van der Waals surface area contributed by atoms with E-state index < -0.39 is 0 Å². The average molecular weight is 257 g/mol. The first-order valence-electron chi connectivity index (χ1n) is 5.51. The molecule has 0 fully saturated rings. The zero-order valence-electron chi connectivity index (χ0n) is 10.6. The van der Waals surface area contributed by atoms with E-state index in [0.29, 0.717) is 5.75 Å². The van der Waals surface area contributed by atoms with Gasteiger partial charge in [0.05, 0.1) is 23.1 Å². The molecule has 1 amide bonds. The topological polar surface area (TPSA) is 67.2 Å². The van der Waals surface area contributed by atoms with Crippen molar-refractivity contribution in [3.63, 3.8) is 0 Å². The SMILES string of the molecule is Cc1nn(C)c(SCC(=O)NC(C)C)c1CO. The molecule has 1 heterocycles. The number of aromatic nitrogens is 2. The van der Waals surface area contributed by atoms with Crippen LogP contribution < -0.4 is 5.32 Å². The van der Waals surface area contributed by atoms with Gasteiger partial charge in [-0.3, -0.25) is 9.48 Å². The highest BCUT2D eigenvalue weighted by Crippen LogP contribution is 2.24. The second-order valence-electron chi connectivity index (χ2n) is 4.16. The third-order valence-corrected chi connectivity index (χ3v) is 3.43. The number of amides is 1. The van der Waals surface area contributed by atoms with Gasteiger partial charge in [-0.2, -0.15) is 5.10 Å². The fourth-order valence-corrected chi connectivity index (χ4v) is 2.51. The van der Waals surface area contributed by atoms with Crippen molar-refractivity contribution in [1.29, 1.82) is 0 Å². The Labute approximate surface area is 106 Å². The molecule has 0 aliphatic carbocycles. The minimum Gasteiger partial charge on any atom is -0.392 e. The molecule has 0 spiro atoms. The number of thioether (sulfide) groups is 1. The van der Waals surface area contributed by atoms with E-state index in [2.05, 4.69) is 10.4 Å². The van der Waals surface area contributed by atoms with Crippen molar-refractivity contribution in [3.05, 3.63) is 11.3 Å².